The third-order valence-corrected chi connectivity index (χ3v) is 10.5. The summed E-state index contributed by atoms with van der Waals surface area (Å²) in [7, 11) is 0. The fraction of sp³-hybridized carbons (Fsp3) is 0.106. The predicted molar refractivity (Wildman–Crippen MR) is 218 cm³/mol. The Morgan fingerprint density at radius 1 is 0.537 bits per heavy atom. The third-order valence-electron chi connectivity index (χ3n) is 10.5. The monoisotopic (exact) mass is 702 g/mol. The van der Waals surface area contributed by atoms with Crippen molar-refractivity contribution < 1.29 is 4.74 Å². The van der Waals surface area contributed by atoms with Crippen molar-refractivity contribution in [1.82, 2.24) is 29.3 Å². The molecule has 5 aromatic heterocycles. The summed E-state index contributed by atoms with van der Waals surface area (Å²) in [6.45, 7) is 10.9. The van der Waals surface area contributed by atoms with Gasteiger partial charge in [-0.2, -0.15) is 5.10 Å². The number of fused-ring (bicyclic) bond motifs is 3. The number of aryl methyl sites for hydroxylation is 3. The molecule has 0 aliphatic carbocycles. The second-order valence-electron chi connectivity index (χ2n) is 13.9. The lowest BCUT2D eigenvalue weighted by molar-refractivity contribution is 0.483. The molecule has 0 fully saturated rings. The summed E-state index contributed by atoms with van der Waals surface area (Å²) >= 11 is 0. The van der Waals surface area contributed by atoms with Crippen molar-refractivity contribution in [2.45, 2.75) is 34.6 Å². The molecule has 0 saturated heterocycles. The van der Waals surface area contributed by atoms with Crippen molar-refractivity contribution in [3.63, 3.8) is 0 Å². The van der Waals surface area contributed by atoms with Crippen LogP contribution in [0.15, 0.2) is 140 Å². The van der Waals surface area contributed by atoms with Crippen LogP contribution in [-0.4, -0.2) is 29.3 Å². The normalized spacial score (nSPS) is 11.4. The summed E-state index contributed by atoms with van der Waals surface area (Å²) in [6, 6.07) is 37.5. The number of aromatic nitrogens is 6. The highest BCUT2D eigenvalue weighted by atomic mass is 16.5. The van der Waals surface area contributed by atoms with Gasteiger partial charge in [-0.15, -0.1) is 0 Å². The van der Waals surface area contributed by atoms with E-state index in [2.05, 4.69) is 122 Å². The molecule has 4 aromatic carbocycles. The van der Waals surface area contributed by atoms with Crippen molar-refractivity contribution in [3.8, 4) is 56.6 Å². The Balaban J connectivity index is 1.22. The van der Waals surface area contributed by atoms with Crippen LogP contribution in [0, 0.1) is 34.6 Å². The zero-order chi connectivity index (χ0) is 36.9. The van der Waals surface area contributed by atoms with Gasteiger partial charge in [-0.3, -0.25) is 14.5 Å². The van der Waals surface area contributed by atoms with Crippen molar-refractivity contribution in [2.24, 2.45) is 0 Å². The lowest BCUT2D eigenvalue weighted by Gasteiger charge is -2.18. The number of para-hydroxylation sites is 1. The van der Waals surface area contributed by atoms with Gasteiger partial charge in [0.2, 0.25) is 0 Å². The maximum atomic E-state index is 6.69. The number of hydrogen-bond acceptors (Lipinski definition) is 5. The fourth-order valence-electron chi connectivity index (χ4n) is 7.64. The van der Waals surface area contributed by atoms with E-state index in [4.69, 9.17) is 14.8 Å². The largest absolute Gasteiger partial charge is 0.457 e. The van der Waals surface area contributed by atoms with Gasteiger partial charge in [0.25, 0.3) is 0 Å². The maximum absolute atomic E-state index is 6.69. The molecule has 0 saturated carbocycles. The first-order valence-corrected chi connectivity index (χ1v) is 18.1. The quantitative estimate of drug-likeness (QED) is 0.165. The molecule has 9 rings (SSSR count). The van der Waals surface area contributed by atoms with E-state index < -0.39 is 0 Å². The minimum absolute atomic E-state index is 0.699. The predicted octanol–water partition coefficient (Wildman–Crippen LogP) is 11.5. The number of pyridine rings is 3. The van der Waals surface area contributed by atoms with Crippen molar-refractivity contribution in [3.05, 3.63) is 168 Å². The van der Waals surface area contributed by atoms with Gasteiger partial charge in [0.05, 0.1) is 22.4 Å². The molecule has 54 heavy (non-hydrogen) atoms. The number of hydrogen-bond donors (Lipinski definition) is 0. The lowest BCUT2D eigenvalue weighted by atomic mass is 9.86. The van der Waals surface area contributed by atoms with Crippen LogP contribution in [0.4, 0.5) is 0 Å². The maximum Gasteiger partial charge on any atom is 0.137 e. The first-order valence-electron chi connectivity index (χ1n) is 18.1. The second-order valence-corrected chi connectivity index (χ2v) is 13.9. The Morgan fingerprint density at radius 2 is 1.22 bits per heavy atom. The van der Waals surface area contributed by atoms with E-state index in [1.54, 1.807) is 0 Å². The molecular formula is C47H38N6O. The molecule has 0 amide bonds. The van der Waals surface area contributed by atoms with E-state index in [0.717, 1.165) is 67.3 Å². The second kappa shape index (κ2) is 13.3. The van der Waals surface area contributed by atoms with Gasteiger partial charge in [-0.1, -0.05) is 30.3 Å². The SMILES string of the molecule is Cc1ccnc(-n2c3ccccc3c3ccc(Oc4cccc(-n5nc(-c6ccncc6)c(-c6c(C)c(C)cc(C)c6C)c5-c5ccncc5)c4)cc32)c1. The summed E-state index contributed by atoms with van der Waals surface area (Å²) < 4.78 is 11.0. The molecule has 0 radical (unpaired) electrons. The Morgan fingerprint density at radius 3 is 1.96 bits per heavy atom. The topological polar surface area (TPSA) is 70.7 Å². The zero-order valence-corrected chi connectivity index (χ0v) is 30.9. The van der Waals surface area contributed by atoms with Crippen LogP contribution in [0.25, 0.3) is 67.0 Å². The Kier molecular flexibility index (Phi) is 8.12. The molecule has 5 heterocycles. The molecule has 0 aliphatic heterocycles. The van der Waals surface area contributed by atoms with E-state index in [1.165, 1.54) is 33.2 Å². The van der Waals surface area contributed by atoms with Gasteiger partial charge in [-0.25, -0.2) is 9.67 Å². The summed E-state index contributed by atoms with van der Waals surface area (Å²) in [5.41, 5.74) is 15.2. The Labute approximate surface area is 314 Å². The average molecular weight is 703 g/mol. The molecule has 262 valence electrons. The van der Waals surface area contributed by atoms with Crippen LogP contribution in [0.2, 0.25) is 0 Å². The number of ether oxygens (including phenoxy) is 1. The highest BCUT2D eigenvalue weighted by Gasteiger charge is 2.26. The van der Waals surface area contributed by atoms with Crippen molar-refractivity contribution >= 4 is 21.8 Å². The van der Waals surface area contributed by atoms with Crippen molar-refractivity contribution in [2.75, 3.05) is 0 Å². The summed E-state index contributed by atoms with van der Waals surface area (Å²) in [4.78, 5) is 13.4. The van der Waals surface area contributed by atoms with Gasteiger partial charge in [0, 0.05) is 70.6 Å². The van der Waals surface area contributed by atoms with Gasteiger partial charge < -0.3 is 4.74 Å². The van der Waals surface area contributed by atoms with E-state index in [1.807, 2.05) is 72.1 Å². The number of rotatable bonds is 7. The van der Waals surface area contributed by atoms with E-state index in [9.17, 15) is 0 Å². The lowest BCUT2D eigenvalue weighted by Crippen LogP contribution is -2.01. The van der Waals surface area contributed by atoms with Gasteiger partial charge >= 0.3 is 0 Å². The molecule has 9 aromatic rings. The molecule has 0 unspecified atom stereocenters. The molecule has 7 heteroatoms. The summed E-state index contributed by atoms with van der Waals surface area (Å²) in [5.74, 6) is 2.30. The molecule has 0 aliphatic rings. The fourth-order valence-corrected chi connectivity index (χ4v) is 7.64. The Bertz CT molecular complexity index is 2830. The zero-order valence-electron chi connectivity index (χ0n) is 30.9. The van der Waals surface area contributed by atoms with Crippen LogP contribution >= 0.6 is 0 Å². The van der Waals surface area contributed by atoms with Gasteiger partial charge in [-0.05, 0) is 135 Å². The van der Waals surface area contributed by atoms with E-state index in [0.29, 0.717) is 5.75 Å². The molecule has 0 spiro atoms. The molecule has 0 bridgehead atoms. The summed E-state index contributed by atoms with van der Waals surface area (Å²) in [6.07, 6.45) is 9.19. The smallest absolute Gasteiger partial charge is 0.137 e. The standard InChI is InChI=1S/C47H38N6O/c1-29-15-24-50-43(25-29)52-41-12-7-6-11-39(41)40-14-13-38(28-42(40)52)54-37-10-8-9-36(27-37)53-47(35-18-22-49-23-19-35)45(46(51-53)34-16-20-48-21-17-34)44-32(4)30(2)26-31(3)33(44)5/h6-28H,1-5H3. The third kappa shape index (κ3) is 5.62. The van der Waals surface area contributed by atoms with E-state index in [-0.39, 0.29) is 0 Å². The van der Waals surface area contributed by atoms with Gasteiger partial charge in [0.1, 0.15) is 23.0 Å². The van der Waals surface area contributed by atoms with Crippen LogP contribution in [0.3, 0.4) is 0 Å². The van der Waals surface area contributed by atoms with Crippen LogP contribution in [0.1, 0.15) is 27.8 Å². The van der Waals surface area contributed by atoms with Crippen LogP contribution in [-0.2, 0) is 0 Å². The number of nitrogens with zero attached hydrogens (tertiary/aromatic N) is 6. The highest BCUT2D eigenvalue weighted by molar-refractivity contribution is 6.09. The first kappa shape index (κ1) is 33.0. The number of benzene rings is 4. The summed E-state index contributed by atoms with van der Waals surface area (Å²) in [5, 5.41) is 7.72. The Hall–Kier alpha value is -6.86. The highest BCUT2D eigenvalue weighted by Crippen LogP contribution is 2.45. The molecular weight excluding hydrogens is 665 g/mol. The molecule has 7 nitrogen and oxygen atoms in total. The minimum atomic E-state index is 0.699. The minimum Gasteiger partial charge on any atom is -0.457 e. The van der Waals surface area contributed by atoms with Gasteiger partial charge in [0.15, 0.2) is 0 Å². The van der Waals surface area contributed by atoms with E-state index >= 15 is 0 Å². The average Bonchev–Trinajstić information content (AvgIpc) is 3.74. The first-order chi connectivity index (χ1) is 26.4. The van der Waals surface area contributed by atoms with Crippen LogP contribution in [0.5, 0.6) is 11.5 Å². The van der Waals surface area contributed by atoms with Crippen LogP contribution < -0.4 is 4.74 Å². The molecule has 0 atom stereocenters. The van der Waals surface area contributed by atoms with Crippen molar-refractivity contribution in [1.29, 1.82) is 0 Å². The molecule has 0 N–H and O–H groups in total.